The number of nitrogens with one attached hydrogen (secondary N) is 1. The van der Waals surface area contributed by atoms with Gasteiger partial charge in [0, 0.05) is 36.5 Å². The molecule has 29 heavy (non-hydrogen) atoms. The average Bonchev–Trinajstić information content (AvgIpc) is 3.03. The van der Waals surface area contributed by atoms with Gasteiger partial charge in [-0.1, -0.05) is 24.3 Å². The Morgan fingerprint density at radius 1 is 1.07 bits per heavy atom. The van der Waals surface area contributed by atoms with Gasteiger partial charge in [0.25, 0.3) is 5.69 Å². The zero-order valence-electron chi connectivity index (χ0n) is 16.4. The Morgan fingerprint density at radius 3 is 2.62 bits per heavy atom. The molecule has 0 radical (unpaired) electrons. The van der Waals surface area contributed by atoms with Gasteiger partial charge in [-0.15, -0.1) is 0 Å². The highest BCUT2D eigenvalue weighted by atomic mass is 16.6. The van der Waals surface area contributed by atoms with Crippen molar-refractivity contribution >= 4 is 22.5 Å². The quantitative estimate of drug-likeness (QED) is 0.407. The van der Waals surface area contributed by atoms with E-state index in [-0.39, 0.29) is 5.69 Å². The zero-order chi connectivity index (χ0) is 20.5. The Bertz CT molecular complexity index is 1230. The number of aromatic nitrogens is 4. The number of fused-ring (bicyclic) bond motifs is 1. The van der Waals surface area contributed by atoms with Crippen molar-refractivity contribution in [3.63, 3.8) is 0 Å². The van der Waals surface area contributed by atoms with Crippen molar-refractivity contribution in [3.8, 4) is 11.4 Å². The predicted molar refractivity (Wildman–Crippen MR) is 112 cm³/mol. The van der Waals surface area contributed by atoms with E-state index in [2.05, 4.69) is 32.8 Å². The lowest BCUT2D eigenvalue weighted by atomic mass is 10.2. The van der Waals surface area contributed by atoms with Gasteiger partial charge in [0.1, 0.15) is 11.6 Å². The Balaban J connectivity index is 1.62. The molecule has 0 saturated carbocycles. The van der Waals surface area contributed by atoms with E-state index in [9.17, 15) is 10.1 Å². The molecule has 4 aromatic rings. The summed E-state index contributed by atoms with van der Waals surface area (Å²) in [6.45, 7) is 4.43. The summed E-state index contributed by atoms with van der Waals surface area (Å²) in [5.41, 5.74) is 4.63. The number of nitrogens with zero attached hydrogens (tertiary/aromatic N) is 5. The minimum absolute atomic E-state index is 0.0113. The molecular weight excluding hydrogens is 368 g/mol. The van der Waals surface area contributed by atoms with E-state index in [0.717, 1.165) is 22.6 Å². The highest BCUT2D eigenvalue weighted by Gasteiger charge is 2.12. The molecule has 0 aliphatic heterocycles. The van der Waals surface area contributed by atoms with Gasteiger partial charge in [-0.2, -0.15) is 0 Å². The molecule has 0 atom stereocenters. The van der Waals surface area contributed by atoms with Crippen LogP contribution in [0.25, 0.3) is 22.4 Å². The lowest BCUT2D eigenvalue weighted by Crippen LogP contribution is -2.08. The molecule has 8 nitrogen and oxygen atoms in total. The first-order chi connectivity index (χ1) is 13.9. The third-order valence-electron chi connectivity index (χ3n) is 4.79. The number of imidazole rings is 1. The van der Waals surface area contributed by atoms with Crippen molar-refractivity contribution in [2.24, 2.45) is 7.05 Å². The predicted octanol–water partition coefficient (Wildman–Crippen LogP) is 4.17. The van der Waals surface area contributed by atoms with Crippen LogP contribution in [0.4, 0.5) is 11.5 Å². The van der Waals surface area contributed by atoms with E-state index >= 15 is 0 Å². The minimum Gasteiger partial charge on any atom is -0.363 e. The lowest BCUT2D eigenvalue weighted by molar-refractivity contribution is -0.384. The average molecular weight is 388 g/mol. The van der Waals surface area contributed by atoms with E-state index in [1.165, 1.54) is 17.7 Å². The van der Waals surface area contributed by atoms with Crippen LogP contribution < -0.4 is 5.32 Å². The molecule has 2 aromatic carbocycles. The number of non-ortho nitro benzene ring substituents is 1. The fourth-order valence-electron chi connectivity index (χ4n) is 3.39. The van der Waals surface area contributed by atoms with Crippen molar-refractivity contribution in [2.45, 2.75) is 20.4 Å². The fraction of sp³-hybridized carbons (Fsp3) is 0.190. The molecule has 8 heteroatoms. The normalized spacial score (nSPS) is 11.0. The summed E-state index contributed by atoms with van der Waals surface area (Å²) in [6, 6.07) is 14.2. The van der Waals surface area contributed by atoms with Gasteiger partial charge in [-0.3, -0.25) is 10.1 Å². The van der Waals surface area contributed by atoms with Crippen LogP contribution >= 0.6 is 0 Å². The van der Waals surface area contributed by atoms with Crippen LogP contribution in [0.1, 0.15) is 17.1 Å². The van der Waals surface area contributed by atoms with Crippen LogP contribution in [0.3, 0.4) is 0 Å². The summed E-state index contributed by atoms with van der Waals surface area (Å²) in [6.07, 6.45) is 0. The van der Waals surface area contributed by atoms with E-state index in [1.54, 1.807) is 12.1 Å². The first-order valence-corrected chi connectivity index (χ1v) is 9.17. The van der Waals surface area contributed by atoms with Crippen LogP contribution in [0.2, 0.25) is 0 Å². The molecule has 0 unspecified atom stereocenters. The molecule has 0 spiro atoms. The van der Waals surface area contributed by atoms with Crippen LogP contribution in [0.5, 0.6) is 0 Å². The zero-order valence-corrected chi connectivity index (χ0v) is 16.4. The van der Waals surface area contributed by atoms with Gasteiger partial charge in [-0.05, 0) is 25.5 Å². The number of benzene rings is 2. The molecule has 146 valence electrons. The molecular formula is C21H20N6O2. The first-order valence-electron chi connectivity index (χ1n) is 9.17. The highest BCUT2D eigenvalue weighted by molar-refractivity contribution is 5.79. The maximum atomic E-state index is 11.1. The van der Waals surface area contributed by atoms with Crippen LogP contribution in [0, 0.1) is 24.0 Å². The largest absolute Gasteiger partial charge is 0.363 e. The summed E-state index contributed by atoms with van der Waals surface area (Å²) in [7, 11) is 2.00. The van der Waals surface area contributed by atoms with E-state index in [1.807, 2.05) is 32.2 Å². The summed E-state index contributed by atoms with van der Waals surface area (Å²) in [5, 5.41) is 14.4. The number of rotatable bonds is 5. The Labute approximate surface area is 167 Å². The third-order valence-corrected chi connectivity index (χ3v) is 4.79. The molecule has 2 heterocycles. The minimum atomic E-state index is -0.424. The van der Waals surface area contributed by atoms with Crippen molar-refractivity contribution in [1.29, 1.82) is 0 Å². The van der Waals surface area contributed by atoms with Crippen molar-refractivity contribution in [1.82, 2.24) is 19.5 Å². The molecule has 0 bridgehead atoms. The molecule has 0 aliphatic rings. The van der Waals surface area contributed by atoms with Crippen LogP contribution in [-0.4, -0.2) is 24.4 Å². The number of hydrogen-bond acceptors (Lipinski definition) is 6. The number of para-hydroxylation sites is 1. The number of hydrogen-bond donors (Lipinski definition) is 1. The summed E-state index contributed by atoms with van der Waals surface area (Å²) in [4.78, 5) is 24.3. The van der Waals surface area contributed by atoms with Gasteiger partial charge in [0.2, 0.25) is 0 Å². The van der Waals surface area contributed by atoms with Gasteiger partial charge < -0.3 is 9.88 Å². The van der Waals surface area contributed by atoms with E-state index in [0.29, 0.717) is 23.8 Å². The van der Waals surface area contributed by atoms with E-state index in [4.69, 9.17) is 4.98 Å². The fourth-order valence-corrected chi connectivity index (χ4v) is 3.39. The maximum absolute atomic E-state index is 11.1. The summed E-state index contributed by atoms with van der Waals surface area (Å²) in [5.74, 6) is 1.97. The number of anilines is 1. The molecule has 0 fully saturated rings. The monoisotopic (exact) mass is 388 g/mol. The molecule has 0 saturated heterocycles. The molecule has 1 N–H and O–H groups in total. The second kappa shape index (κ2) is 7.31. The van der Waals surface area contributed by atoms with Gasteiger partial charge in [-0.25, -0.2) is 15.0 Å². The second-order valence-corrected chi connectivity index (χ2v) is 6.91. The standard InChI is InChI=1S/C21H20N6O2/c1-13-6-4-9-17-20(13)26(3)19(24-17)12-22-18-10-14(2)23-21(25-18)15-7-5-8-16(11-15)27(28)29/h4-11H,12H2,1-3H3,(H,22,23,25). The maximum Gasteiger partial charge on any atom is 0.270 e. The third kappa shape index (κ3) is 3.64. The smallest absolute Gasteiger partial charge is 0.270 e. The second-order valence-electron chi connectivity index (χ2n) is 6.91. The van der Waals surface area contributed by atoms with Crippen LogP contribution in [-0.2, 0) is 13.6 Å². The highest BCUT2D eigenvalue weighted by Crippen LogP contribution is 2.23. The Morgan fingerprint density at radius 2 is 1.86 bits per heavy atom. The Kier molecular flexibility index (Phi) is 4.67. The summed E-state index contributed by atoms with van der Waals surface area (Å²) < 4.78 is 2.08. The molecule has 2 aromatic heterocycles. The molecule has 0 amide bonds. The van der Waals surface area contributed by atoms with Crippen molar-refractivity contribution in [3.05, 3.63) is 75.7 Å². The van der Waals surface area contributed by atoms with Gasteiger partial charge in [0.05, 0.1) is 22.5 Å². The number of nitro benzene ring substituents is 1. The Hall–Kier alpha value is -3.81. The van der Waals surface area contributed by atoms with Crippen molar-refractivity contribution < 1.29 is 4.92 Å². The summed E-state index contributed by atoms with van der Waals surface area (Å²) >= 11 is 0. The van der Waals surface area contributed by atoms with Crippen LogP contribution in [0.15, 0.2) is 48.5 Å². The van der Waals surface area contributed by atoms with Gasteiger partial charge in [0.15, 0.2) is 5.82 Å². The molecule has 0 aliphatic carbocycles. The molecule has 4 rings (SSSR count). The topological polar surface area (TPSA) is 98.8 Å². The van der Waals surface area contributed by atoms with Crippen molar-refractivity contribution in [2.75, 3.05) is 5.32 Å². The van der Waals surface area contributed by atoms with Gasteiger partial charge >= 0.3 is 0 Å². The number of nitro groups is 1. The lowest BCUT2D eigenvalue weighted by Gasteiger charge is -2.09. The van der Waals surface area contributed by atoms with E-state index < -0.39 is 4.92 Å². The number of aryl methyl sites for hydroxylation is 3. The first kappa shape index (κ1) is 18.5. The SMILES string of the molecule is Cc1cc(NCc2nc3cccc(C)c3n2C)nc(-c2cccc([N+](=O)[O-])c2)n1.